The van der Waals surface area contributed by atoms with Crippen molar-refractivity contribution in [3.05, 3.63) is 41.4 Å². The quantitative estimate of drug-likeness (QED) is 0.353. The molecule has 0 atom stereocenters. The molecule has 1 heterocycles. The maximum atomic E-state index is 8.52. The maximum Gasteiger partial charge on any atom is 0.170 e. The van der Waals surface area contributed by atoms with Crippen LogP contribution in [0.3, 0.4) is 0 Å². The number of nitrogens with zero attached hydrogens (tertiary/aromatic N) is 4. The summed E-state index contributed by atoms with van der Waals surface area (Å²) in [6, 6.07) is 4.98. The van der Waals surface area contributed by atoms with E-state index in [1.165, 1.54) is 17.3 Å². The summed E-state index contributed by atoms with van der Waals surface area (Å²) < 4.78 is 1.53. The average Bonchev–Trinajstić information content (AvgIpc) is 2.81. The maximum absolute atomic E-state index is 8.52. The Hall–Kier alpha value is -2.08. The molecule has 0 aliphatic carbocycles. The predicted molar refractivity (Wildman–Crippen MR) is 58.9 cm³/mol. The normalized spacial score (nSPS) is 11.7. The van der Waals surface area contributed by atoms with Crippen LogP contribution in [-0.4, -0.2) is 25.8 Å². The largest absolute Gasteiger partial charge is 0.409 e. The van der Waals surface area contributed by atoms with Gasteiger partial charge in [0, 0.05) is 5.56 Å². The Bertz CT molecular complexity index is 523. The van der Waals surface area contributed by atoms with Gasteiger partial charge in [-0.1, -0.05) is 16.8 Å². The first-order valence-electron chi connectivity index (χ1n) is 4.35. The van der Waals surface area contributed by atoms with Crippen LogP contribution in [0.15, 0.2) is 36.0 Å². The number of oxime groups is 1. The lowest BCUT2D eigenvalue weighted by Gasteiger charge is -2.05. The topological polar surface area (TPSA) is 89.3 Å². The van der Waals surface area contributed by atoms with Gasteiger partial charge in [-0.25, -0.2) is 9.67 Å². The Kier molecular flexibility index (Phi) is 2.74. The standard InChI is InChI=1S/C9H8ClN5O/c10-7-3-6(9(11)14-16)1-2-8(7)15-5-12-4-13-15/h1-5,16H,(H2,11,14). The first-order chi connectivity index (χ1) is 7.72. The van der Waals surface area contributed by atoms with Crippen LogP contribution >= 0.6 is 11.6 Å². The van der Waals surface area contributed by atoms with Crippen LogP contribution in [0.4, 0.5) is 0 Å². The van der Waals surface area contributed by atoms with E-state index in [2.05, 4.69) is 15.2 Å². The monoisotopic (exact) mass is 237 g/mol. The predicted octanol–water partition coefficient (Wildman–Crippen LogP) is 1.02. The van der Waals surface area contributed by atoms with Crippen molar-refractivity contribution in [2.24, 2.45) is 10.9 Å². The Morgan fingerprint density at radius 3 is 2.88 bits per heavy atom. The van der Waals surface area contributed by atoms with Crippen molar-refractivity contribution in [2.45, 2.75) is 0 Å². The van der Waals surface area contributed by atoms with Gasteiger partial charge >= 0.3 is 0 Å². The van der Waals surface area contributed by atoms with Gasteiger partial charge in [-0.05, 0) is 18.2 Å². The van der Waals surface area contributed by atoms with Crippen molar-refractivity contribution in [1.82, 2.24) is 14.8 Å². The number of rotatable bonds is 2. The Balaban J connectivity index is 2.45. The van der Waals surface area contributed by atoms with Gasteiger partial charge in [0.15, 0.2) is 5.84 Å². The van der Waals surface area contributed by atoms with Crippen LogP contribution in [0.25, 0.3) is 5.69 Å². The fourth-order valence-electron chi connectivity index (χ4n) is 1.24. The third-order valence-corrected chi connectivity index (χ3v) is 2.32. The summed E-state index contributed by atoms with van der Waals surface area (Å²) in [5.74, 6) is 0.00652. The summed E-state index contributed by atoms with van der Waals surface area (Å²) in [6.07, 6.45) is 2.94. The van der Waals surface area contributed by atoms with E-state index in [0.717, 1.165) is 0 Å². The van der Waals surface area contributed by atoms with Gasteiger partial charge in [0.25, 0.3) is 0 Å². The zero-order valence-corrected chi connectivity index (χ0v) is 8.83. The number of halogens is 1. The highest BCUT2D eigenvalue weighted by Gasteiger charge is 2.06. The fourth-order valence-corrected chi connectivity index (χ4v) is 1.51. The zero-order chi connectivity index (χ0) is 11.5. The summed E-state index contributed by atoms with van der Waals surface area (Å²) >= 11 is 6.04. The van der Waals surface area contributed by atoms with Gasteiger partial charge in [-0.15, -0.1) is 0 Å². The zero-order valence-electron chi connectivity index (χ0n) is 8.08. The molecule has 0 saturated heterocycles. The number of benzene rings is 1. The van der Waals surface area contributed by atoms with Crippen molar-refractivity contribution in [3.8, 4) is 5.69 Å². The van der Waals surface area contributed by atoms with Crippen LogP contribution < -0.4 is 5.73 Å². The molecule has 0 radical (unpaired) electrons. The third-order valence-electron chi connectivity index (χ3n) is 2.02. The lowest BCUT2D eigenvalue weighted by molar-refractivity contribution is 0.318. The van der Waals surface area contributed by atoms with Gasteiger partial charge in [0.2, 0.25) is 0 Å². The highest BCUT2D eigenvalue weighted by Crippen LogP contribution is 2.20. The molecule has 0 bridgehead atoms. The molecule has 1 aromatic heterocycles. The summed E-state index contributed by atoms with van der Waals surface area (Å²) in [7, 11) is 0. The summed E-state index contributed by atoms with van der Waals surface area (Å²) in [5, 5.41) is 15.8. The SMILES string of the molecule is NC(=NO)c1ccc(-n2cncn2)c(Cl)c1. The summed E-state index contributed by atoms with van der Waals surface area (Å²) in [6.45, 7) is 0. The highest BCUT2D eigenvalue weighted by molar-refractivity contribution is 6.32. The van der Waals surface area contributed by atoms with Crippen molar-refractivity contribution in [2.75, 3.05) is 0 Å². The number of nitrogens with two attached hydrogens (primary N) is 1. The van der Waals surface area contributed by atoms with E-state index >= 15 is 0 Å². The molecular formula is C9H8ClN5O. The molecule has 0 aliphatic rings. The molecule has 3 N–H and O–H groups in total. The van der Waals surface area contributed by atoms with Gasteiger partial charge in [0.05, 0.1) is 10.7 Å². The number of hydrogen-bond acceptors (Lipinski definition) is 4. The highest BCUT2D eigenvalue weighted by atomic mass is 35.5. The summed E-state index contributed by atoms with van der Waals surface area (Å²) in [4.78, 5) is 3.82. The molecular weight excluding hydrogens is 230 g/mol. The van der Waals surface area contributed by atoms with E-state index in [1.807, 2.05) is 0 Å². The number of amidine groups is 1. The van der Waals surface area contributed by atoms with Gasteiger partial charge in [-0.2, -0.15) is 5.10 Å². The van der Waals surface area contributed by atoms with E-state index in [0.29, 0.717) is 16.3 Å². The minimum atomic E-state index is 0.00652. The Morgan fingerprint density at radius 2 is 2.31 bits per heavy atom. The Morgan fingerprint density at radius 1 is 1.50 bits per heavy atom. The van der Waals surface area contributed by atoms with E-state index in [4.69, 9.17) is 22.5 Å². The minimum absolute atomic E-state index is 0.00652. The molecule has 82 valence electrons. The molecule has 0 saturated carbocycles. The molecule has 2 aromatic rings. The van der Waals surface area contributed by atoms with Crippen LogP contribution in [0.2, 0.25) is 5.02 Å². The molecule has 6 nitrogen and oxygen atoms in total. The first-order valence-corrected chi connectivity index (χ1v) is 4.72. The van der Waals surface area contributed by atoms with Crippen LogP contribution in [-0.2, 0) is 0 Å². The average molecular weight is 238 g/mol. The smallest absolute Gasteiger partial charge is 0.170 e. The van der Waals surface area contributed by atoms with Crippen molar-refractivity contribution >= 4 is 17.4 Å². The molecule has 1 aromatic carbocycles. The molecule has 0 fully saturated rings. The molecule has 0 unspecified atom stereocenters. The minimum Gasteiger partial charge on any atom is -0.409 e. The van der Waals surface area contributed by atoms with Gasteiger partial charge in [-0.3, -0.25) is 0 Å². The fraction of sp³-hybridized carbons (Fsp3) is 0. The molecule has 0 spiro atoms. The lowest BCUT2D eigenvalue weighted by atomic mass is 10.2. The Labute approximate surface area is 96.0 Å². The van der Waals surface area contributed by atoms with Gasteiger partial charge in [0.1, 0.15) is 12.7 Å². The van der Waals surface area contributed by atoms with E-state index < -0.39 is 0 Å². The molecule has 0 amide bonds. The van der Waals surface area contributed by atoms with Crippen molar-refractivity contribution in [3.63, 3.8) is 0 Å². The third kappa shape index (κ3) is 1.82. The van der Waals surface area contributed by atoms with Crippen LogP contribution in [0.5, 0.6) is 0 Å². The molecule has 16 heavy (non-hydrogen) atoms. The first kappa shape index (κ1) is 10.4. The van der Waals surface area contributed by atoms with E-state index in [-0.39, 0.29) is 5.84 Å². The number of hydrogen-bond donors (Lipinski definition) is 2. The second-order valence-electron chi connectivity index (χ2n) is 2.99. The summed E-state index contributed by atoms with van der Waals surface area (Å²) in [5.41, 5.74) is 6.65. The van der Waals surface area contributed by atoms with Crippen LogP contribution in [0.1, 0.15) is 5.56 Å². The van der Waals surface area contributed by atoms with Gasteiger partial charge < -0.3 is 10.9 Å². The van der Waals surface area contributed by atoms with E-state index in [1.54, 1.807) is 18.2 Å². The molecule has 2 rings (SSSR count). The van der Waals surface area contributed by atoms with E-state index in [9.17, 15) is 0 Å². The molecule has 7 heteroatoms. The lowest BCUT2D eigenvalue weighted by Crippen LogP contribution is -2.13. The number of aromatic nitrogens is 3. The van der Waals surface area contributed by atoms with Crippen LogP contribution in [0, 0.1) is 0 Å². The van der Waals surface area contributed by atoms with Crippen molar-refractivity contribution < 1.29 is 5.21 Å². The second kappa shape index (κ2) is 4.19. The second-order valence-corrected chi connectivity index (χ2v) is 3.40. The molecule has 0 aliphatic heterocycles. The van der Waals surface area contributed by atoms with Crippen molar-refractivity contribution in [1.29, 1.82) is 0 Å².